The van der Waals surface area contributed by atoms with Crippen LogP contribution in [-0.2, 0) is 14.8 Å². The van der Waals surface area contributed by atoms with Crippen molar-refractivity contribution >= 4 is 32.4 Å². The number of carbonyl (C=O) groups is 1. The molecule has 0 spiro atoms. The molecule has 0 unspecified atom stereocenters. The number of hydrogen-bond acceptors (Lipinski definition) is 5. The Kier molecular flexibility index (Phi) is 4.71. The van der Waals surface area contributed by atoms with Crippen LogP contribution in [-0.4, -0.2) is 19.3 Å². The predicted molar refractivity (Wildman–Crippen MR) is 81.6 cm³/mol. The molecule has 2 aromatic rings. The van der Waals surface area contributed by atoms with Crippen LogP contribution in [0, 0.1) is 0 Å². The minimum Gasteiger partial charge on any atom is -0.302 e. The maximum absolute atomic E-state index is 12.3. The standard InChI is InChI=1S/C13H15N3O3S2/c1-9(11-6-4-3-5-7-11)16-21(18,19)12-8-14-13(20-12)15-10(2)17/h3-9,16H,1-2H3,(H,14,15,17)/t9-/m0/s1. The second-order valence-electron chi connectivity index (χ2n) is 4.42. The van der Waals surface area contributed by atoms with Crippen molar-refractivity contribution in [1.29, 1.82) is 0 Å². The zero-order valence-corrected chi connectivity index (χ0v) is 13.2. The van der Waals surface area contributed by atoms with Crippen molar-refractivity contribution in [3.8, 4) is 0 Å². The first-order chi connectivity index (χ1) is 9.88. The highest BCUT2D eigenvalue weighted by Crippen LogP contribution is 2.24. The number of amides is 1. The largest absolute Gasteiger partial charge is 0.302 e. The Balaban J connectivity index is 2.15. The molecule has 1 heterocycles. The molecule has 1 aromatic heterocycles. The number of nitrogens with one attached hydrogen (secondary N) is 2. The van der Waals surface area contributed by atoms with E-state index in [4.69, 9.17) is 0 Å². The molecule has 2 rings (SSSR count). The smallest absolute Gasteiger partial charge is 0.252 e. The van der Waals surface area contributed by atoms with E-state index in [1.54, 1.807) is 6.92 Å². The second-order valence-corrected chi connectivity index (χ2v) is 7.39. The van der Waals surface area contributed by atoms with Crippen LogP contribution < -0.4 is 10.0 Å². The minimum atomic E-state index is -3.67. The number of nitrogens with zero attached hydrogens (tertiary/aromatic N) is 1. The average molecular weight is 325 g/mol. The molecule has 0 aliphatic rings. The van der Waals surface area contributed by atoms with E-state index in [9.17, 15) is 13.2 Å². The molecule has 1 atom stereocenters. The first-order valence-electron chi connectivity index (χ1n) is 6.19. The van der Waals surface area contributed by atoms with Gasteiger partial charge in [-0.05, 0) is 12.5 Å². The molecule has 0 saturated carbocycles. The third-order valence-electron chi connectivity index (χ3n) is 2.66. The van der Waals surface area contributed by atoms with Gasteiger partial charge >= 0.3 is 0 Å². The van der Waals surface area contributed by atoms with Gasteiger partial charge in [0.1, 0.15) is 0 Å². The summed E-state index contributed by atoms with van der Waals surface area (Å²) < 4.78 is 27.2. The van der Waals surface area contributed by atoms with E-state index in [0.29, 0.717) is 0 Å². The number of rotatable bonds is 5. The molecule has 6 nitrogen and oxygen atoms in total. The van der Waals surface area contributed by atoms with Crippen molar-refractivity contribution in [2.45, 2.75) is 24.1 Å². The lowest BCUT2D eigenvalue weighted by Crippen LogP contribution is -2.26. The molecule has 2 N–H and O–H groups in total. The zero-order chi connectivity index (χ0) is 15.5. The van der Waals surface area contributed by atoms with Crippen LogP contribution in [0.4, 0.5) is 5.13 Å². The fraction of sp³-hybridized carbons (Fsp3) is 0.231. The summed E-state index contributed by atoms with van der Waals surface area (Å²) in [4.78, 5) is 14.8. The van der Waals surface area contributed by atoms with Gasteiger partial charge in [-0.1, -0.05) is 41.7 Å². The van der Waals surface area contributed by atoms with Crippen LogP contribution in [0.15, 0.2) is 40.7 Å². The summed E-state index contributed by atoms with van der Waals surface area (Å²) in [5.41, 5.74) is 0.868. The number of anilines is 1. The molecule has 0 aliphatic carbocycles. The van der Waals surface area contributed by atoms with Gasteiger partial charge in [-0.25, -0.2) is 18.1 Å². The van der Waals surface area contributed by atoms with Crippen LogP contribution in [0.5, 0.6) is 0 Å². The maximum Gasteiger partial charge on any atom is 0.252 e. The number of benzene rings is 1. The quantitative estimate of drug-likeness (QED) is 0.881. The van der Waals surface area contributed by atoms with Crippen LogP contribution in [0.1, 0.15) is 25.5 Å². The third kappa shape index (κ3) is 4.10. The Morgan fingerprint density at radius 2 is 1.95 bits per heavy atom. The SMILES string of the molecule is CC(=O)Nc1ncc(S(=O)(=O)N[C@@H](C)c2ccccc2)s1. The molecule has 0 bridgehead atoms. The number of carbonyl (C=O) groups excluding carboxylic acids is 1. The summed E-state index contributed by atoms with van der Waals surface area (Å²) >= 11 is 0.912. The minimum absolute atomic E-state index is 0.0639. The molecular formula is C13H15N3O3S2. The fourth-order valence-corrected chi connectivity index (χ4v) is 4.02. The second kappa shape index (κ2) is 6.33. The molecule has 1 aromatic carbocycles. The van der Waals surface area contributed by atoms with E-state index in [1.165, 1.54) is 13.1 Å². The van der Waals surface area contributed by atoms with Gasteiger partial charge < -0.3 is 5.32 Å². The molecule has 112 valence electrons. The highest BCUT2D eigenvalue weighted by Gasteiger charge is 2.21. The van der Waals surface area contributed by atoms with E-state index in [1.807, 2.05) is 30.3 Å². The summed E-state index contributed by atoms with van der Waals surface area (Å²) in [6.07, 6.45) is 1.23. The Hall–Kier alpha value is -1.77. The van der Waals surface area contributed by atoms with Gasteiger partial charge in [-0.15, -0.1) is 0 Å². The normalized spacial score (nSPS) is 12.9. The first kappa shape index (κ1) is 15.6. The number of sulfonamides is 1. The van der Waals surface area contributed by atoms with E-state index >= 15 is 0 Å². The Morgan fingerprint density at radius 3 is 2.57 bits per heavy atom. The van der Waals surface area contributed by atoms with Gasteiger partial charge in [0, 0.05) is 13.0 Å². The topological polar surface area (TPSA) is 88.2 Å². The van der Waals surface area contributed by atoms with E-state index in [-0.39, 0.29) is 21.3 Å². The Morgan fingerprint density at radius 1 is 1.29 bits per heavy atom. The summed E-state index contributed by atoms with van der Waals surface area (Å²) in [7, 11) is -3.67. The average Bonchev–Trinajstić information content (AvgIpc) is 2.88. The van der Waals surface area contributed by atoms with E-state index in [2.05, 4.69) is 15.0 Å². The van der Waals surface area contributed by atoms with E-state index < -0.39 is 10.0 Å². The molecule has 21 heavy (non-hydrogen) atoms. The lowest BCUT2D eigenvalue weighted by Gasteiger charge is -2.13. The van der Waals surface area contributed by atoms with Gasteiger partial charge in [0.2, 0.25) is 5.91 Å². The summed E-state index contributed by atoms with van der Waals surface area (Å²) in [5, 5.41) is 2.72. The molecule has 0 radical (unpaired) electrons. The van der Waals surface area contributed by atoms with Gasteiger partial charge in [0.25, 0.3) is 10.0 Å². The van der Waals surface area contributed by atoms with Crippen molar-refractivity contribution in [2.75, 3.05) is 5.32 Å². The molecule has 8 heteroatoms. The fourth-order valence-electron chi connectivity index (χ4n) is 1.69. The summed E-state index contributed by atoms with van der Waals surface area (Å²) in [5.74, 6) is -0.293. The first-order valence-corrected chi connectivity index (χ1v) is 8.49. The summed E-state index contributed by atoms with van der Waals surface area (Å²) in [6, 6.07) is 8.91. The highest BCUT2D eigenvalue weighted by molar-refractivity contribution is 7.91. The maximum atomic E-state index is 12.3. The van der Waals surface area contributed by atoms with E-state index in [0.717, 1.165) is 16.9 Å². The molecule has 0 fully saturated rings. The summed E-state index contributed by atoms with van der Waals surface area (Å²) in [6.45, 7) is 3.11. The van der Waals surface area contributed by atoms with Crippen molar-refractivity contribution in [2.24, 2.45) is 0 Å². The third-order valence-corrected chi connectivity index (χ3v) is 5.58. The van der Waals surface area contributed by atoms with Crippen LogP contribution in [0.2, 0.25) is 0 Å². The number of thiazole rings is 1. The molecule has 0 aliphatic heterocycles. The molecule has 1 amide bonds. The number of aromatic nitrogens is 1. The van der Waals surface area contributed by atoms with Gasteiger partial charge in [-0.2, -0.15) is 0 Å². The number of hydrogen-bond donors (Lipinski definition) is 2. The lowest BCUT2D eigenvalue weighted by molar-refractivity contribution is -0.114. The zero-order valence-electron chi connectivity index (χ0n) is 11.5. The monoisotopic (exact) mass is 325 g/mol. The van der Waals surface area contributed by atoms with Crippen molar-refractivity contribution in [3.63, 3.8) is 0 Å². The van der Waals surface area contributed by atoms with Crippen molar-refractivity contribution in [1.82, 2.24) is 9.71 Å². The van der Waals surface area contributed by atoms with Gasteiger partial charge in [0.05, 0.1) is 6.20 Å². The Bertz CT molecular complexity index is 726. The van der Waals surface area contributed by atoms with Crippen molar-refractivity contribution < 1.29 is 13.2 Å². The van der Waals surface area contributed by atoms with Crippen LogP contribution in [0.3, 0.4) is 0 Å². The van der Waals surface area contributed by atoms with Crippen LogP contribution in [0.25, 0.3) is 0 Å². The predicted octanol–water partition coefficient (Wildman–Crippen LogP) is 2.14. The van der Waals surface area contributed by atoms with Crippen LogP contribution >= 0.6 is 11.3 Å². The lowest BCUT2D eigenvalue weighted by atomic mass is 10.1. The van der Waals surface area contributed by atoms with Gasteiger partial charge in [0.15, 0.2) is 9.34 Å². The Labute approximate surface area is 127 Å². The molecular weight excluding hydrogens is 310 g/mol. The van der Waals surface area contributed by atoms with Crippen molar-refractivity contribution in [3.05, 3.63) is 42.1 Å². The van der Waals surface area contributed by atoms with Gasteiger partial charge in [-0.3, -0.25) is 4.79 Å². The molecule has 0 saturated heterocycles. The highest BCUT2D eigenvalue weighted by atomic mass is 32.2.